The molecule has 5 saturated carbocycles. The van der Waals surface area contributed by atoms with Crippen molar-refractivity contribution in [2.24, 2.45) is 88.8 Å². The molecule has 36 heteroatoms. The van der Waals surface area contributed by atoms with Gasteiger partial charge in [-0.15, -0.1) is 11.6 Å². The number of halogens is 9. The summed E-state index contributed by atoms with van der Waals surface area (Å²) < 4.78 is 136. The van der Waals surface area contributed by atoms with E-state index < -0.39 is 64.3 Å². The molecule has 14 atom stereocenters. The molecule has 7 aliphatic rings. The van der Waals surface area contributed by atoms with E-state index in [1.54, 1.807) is 42.5 Å². The molecule has 5 aliphatic carbocycles. The summed E-state index contributed by atoms with van der Waals surface area (Å²) in [5.41, 5.74) is 3.81. The summed E-state index contributed by atoms with van der Waals surface area (Å²) in [7, 11) is -14.8. The third-order valence-electron chi connectivity index (χ3n) is 22.5. The molecule has 15 nitrogen and oxygen atoms in total. The molecule has 126 heavy (non-hydrogen) atoms. The van der Waals surface area contributed by atoms with Gasteiger partial charge >= 0.3 is 96.0 Å². The molecule has 0 bridgehead atoms. The number of hydrogen-bond acceptors (Lipinski definition) is 13. The SMILES string of the molecule is C1CCOC1.C1CCOC1.CC(C)[C@@H]1CC[C@@H](C)C[C@H]1O.CC1CCC(C(C)C)C(Cl)C1.CC1CCC(C(C)C)C(P(Cl)C2CC(C)CCC2C(C)C)C1.CC1C[CH-]C(C(C)C)CC1.C[PH+](C)c1ccccc1S(=O)(=O)O.C[PH+](C)c1ccccc1S(=O)(=O)[O-].Cc1cccc(C)n1.ClP(Cl)Cl.O=C(O)C(F)(F)F.O=S(=O)([O-])c1[c-]cccc1.[CH3-].[Cl-].[H-].[H-].[Li+].[Li+].[Mg+2].[Mg+2].[Pd]. The van der Waals surface area contributed by atoms with Crippen LogP contribution in [0.25, 0.3) is 0 Å². The smallest absolute Gasteiger partial charge is 1.00 e. The molecule has 0 amide bonds. The van der Waals surface area contributed by atoms with Crippen LogP contribution in [-0.2, 0) is 65.0 Å². The van der Waals surface area contributed by atoms with E-state index in [2.05, 4.69) is 121 Å². The zero-order chi connectivity index (χ0) is 91.3. The van der Waals surface area contributed by atoms with Crippen molar-refractivity contribution >= 4 is 179 Å². The minimum atomic E-state index is -5.08. The van der Waals surface area contributed by atoms with Crippen molar-refractivity contribution in [2.45, 2.75) is 283 Å². The molecule has 0 radical (unpaired) electrons. The zero-order valence-electron chi connectivity index (χ0n) is 82.0. The number of aromatic nitrogens is 1. The van der Waals surface area contributed by atoms with Crippen LogP contribution in [0.4, 0.5) is 13.2 Å². The number of alkyl halides is 4. The van der Waals surface area contributed by atoms with Crippen LogP contribution in [-0.4, -0.2) is 188 Å². The Morgan fingerprint density at radius 2 is 0.889 bits per heavy atom. The van der Waals surface area contributed by atoms with Crippen molar-refractivity contribution in [3.05, 3.63) is 122 Å². The normalized spacial score (nSPS) is 23.8. The molecule has 3 N–H and O–H groups in total. The molecule has 3 aromatic carbocycles. The number of aryl methyl sites for hydroxylation is 2. The van der Waals surface area contributed by atoms with Crippen LogP contribution in [0.1, 0.15) is 240 Å². The fourth-order valence-corrected chi connectivity index (χ4v) is 26.5. The average Bonchev–Trinajstić information content (AvgIpc) is 0.858. The van der Waals surface area contributed by atoms with E-state index in [4.69, 9.17) is 80.5 Å². The minimum Gasteiger partial charge on any atom is -1.00 e. The van der Waals surface area contributed by atoms with Gasteiger partial charge in [0, 0.05) is 79.5 Å². The van der Waals surface area contributed by atoms with Crippen LogP contribution in [0, 0.1) is 123 Å². The van der Waals surface area contributed by atoms with Gasteiger partial charge in [0.1, 0.15) is 35.7 Å². The third-order valence-corrected chi connectivity index (χ3v) is 32.9. The summed E-state index contributed by atoms with van der Waals surface area (Å²) in [6, 6.07) is 26.9. The van der Waals surface area contributed by atoms with Crippen molar-refractivity contribution in [1.29, 1.82) is 0 Å². The van der Waals surface area contributed by atoms with E-state index in [0.29, 0.717) is 22.5 Å². The van der Waals surface area contributed by atoms with Crippen molar-refractivity contribution in [2.75, 3.05) is 53.1 Å². The first kappa shape index (κ1) is 144. The molecule has 720 valence electrons. The number of carbonyl (C=O) groups is 1. The number of carboxylic acids is 1. The topological polar surface area (TPSA) is 258 Å². The number of ether oxygens (including phenoxy) is 2. The summed E-state index contributed by atoms with van der Waals surface area (Å²) in [4.78, 5) is 12.7. The number of aliphatic hydroxyl groups excluding tert-OH is 1. The van der Waals surface area contributed by atoms with Crippen molar-refractivity contribution in [3.63, 3.8) is 0 Å². The Hall–Kier alpha value is 2.53. The predicted octanol–water partition coefficient (Wildman–Crippen LogP) is 16.8. The first-order valence-corrected chi connectivity index (χ1v) is 58.7. The Labute approximate surface area is 871 Å². The summed E-state index contributed by atoms with van der Waals surface area (Å²) in [5, 5.41) is 18.7. The Balaban J connectivity index is -0.000000151. The Morgan fingerprint density at radius 1 is 0.548 bits per heavy atom. The maximum absolute atomic E-state index is 10.9. The van der Waals surface area contributed by atoms with Crippen LogP contribution in [0.2, 0.25) is 0 Å². The van der Waals surface area contributed by atoms with Gasteiger partial charge in [-0.05, 0) is 217 Å². The standard InChI is InChI=1S/C20H38ClP.C10H19Cl.C10H20O.C10H19.2C8H11O3PS.C7H9N.C6H5O3S.2C4H8O.C2HF3O2.CH3.Cl3P.ClH.2Li.2Mg.Pd.2H/c1-13(2)17-9-7-15(5)11-19(17)22(21)20-12-16(6)8-10-18(20)14(3)4;2*1-7(2)9-5-4-8(3)6-10(9)11;1-8(2)10-6-4-9(3)5-7-10;2*1-12(2)7-5-3-4-6-8(7)13(9,10)11;1-6-4-3-5-7(2)8-6;7-10(8,9)6-4-2-1-3-5-6;2*1-2-4-5-3-1;3-2(4,5)1(6)7;;1-4(2)3;;;;;;;;/h13-20H,7-12H2,1-6H3;7-10H,4-6H2,1-3H3;7-11H,4-6H2,1-3H3;6,8-10H,4-5,7H2,1-3H3;2*3-6H,1-2H3,(H,9,10,11);3-5H,1-2H3;1-4H,(H,7,8,9);2*1-4H2;(H,6,7);1H3;;1H;;;;;;;/q;;;-1;;;;-1;;;;-1;;;2*+1;2*+2;;2*-1/p-1/t;;8-,9+,10-;;;;;;;;;;;;;;;;;;/m..1................../s1. The minimum absolute atomic E-state index is 0. The van der Waals surface area contributed by atoms with Crippen molar-refractivity contribution in [1.82, 2.24) is 4.98 Å². The van der Waals surface area contributed by atoms with E-state index >= 15 is 0 Å². The second-order valence-corrected chi connectivity index (χ2v) is 53.0. The number of hydrogen-bond donors (Lipinski definition) is 3. The van der Waals surface area contributed by atoms with Crippen LogP contribution in [0.3, 0.4) is 0 Å². The first-order valence-electron chi connectivity index (χ1n) is 42.5. The largest absolute Gasteiger partial charge is 2.00 e. The summed E-state index contributed by atoms with van der Waals surface area (Å²) >= 11 is 28.2. The van der Waals surface area contributed by atoms with Crippen LogP contribution >= 0.6 is 85.7 Å². The average molecular weight is 2130 g/mol. The fourth-order valence-electron chi connectivity index (χ4n) is 15.5. The molecule has 1 aromatic heterocycles. The summed E-state index contributed by atoms with van der Waals surface area (Å²) in [6.45, 7) is 51.0. The van der Waals surface area contributed by atoms with E-state index in [1.807, 2.05) is 58.7 Å². The number of aliphatic hydroxyl groups is 1. The van der Waals surface area contributed by atoms with Gasteiger partial charge in [0.2, 0.25) is 0 Å². The van der Waals surface area contributed by atoms with Crippen LogP contribution in [0.5, 0.6) is 0 Å². The molecule has 3 heterocycles. The Bertz CT molecular complexity index is 3550. The maximum atomic E-state index is 10.9. The van der Waals surface area contributed by atoms with Gasteiger partial charge in [-0.3, -0.25) is 9.54 Å². The van der Waals surface area contributed by atoms with Crippen LogP contribution < -0.4 is 60.7 Å². The van der Waals surface area contributed by atoms with Gasteiger partial charge in [-0.2, -0.15) is 64.3 Å². The molecular formula is C90H154Cl6F3Li2Mg2NO14P4PdS3. The van der Waals surface area contributed by atoms with Gasteiger partial charge in [-0.1, -0.05) is 234 Å². The first-order chi connectivity index (χ1) is 55.1. The monoisotopic (exact) mass is 2130 g/mol. The summed E-state index contributed by atoms with van der Waals surface area (Å²) in [5.74, 6) is 8.27. The second-order valence-electron chi connectivity index (χ2n) is 35.1. The van der Waals surface area contributed by atoms with E-state index in [9.17, 15) is 52.6 Å². The summed E-state index contributed by atoms with van der Waals surface area (Å²) in [6.07, 6.45) is 22.7. The van der Waals surface area contributed by atoms with E-state index in [0.717, 1.165) is 138 Å². The second kappa shape index (κ2) is 77.3. The van der Waals surface area contributed by atoms with E-state index in [-0.39, 0.29) is 155 Å². The quantitative estimate of drug-likeness (QED) is 0.0392. The zero-order valence-corrected chi connectivity index (χ0v) is 95.2. The molecule has 7 fully saturated rings. The number of rotatable bonds is 12. The van der Waals surface area contributed by atoms with Gasteiger partial charge in [0.25, 0.3) is 10.1 Å². The Kier molecular flexibility index (Phi) is 88.3. The predicted molar refractivity (Wildman–Crippen MR) is 523 cm³/mol. The molecule has 2 aliphatic heterocycles. The maximum Gasteiger partial charge on any atom is 2.00 e. The molecule has 11 rings (SSSR count). The number of pyridine rings is 1. The molecule has 11 unspecified atom stereocenters. The fraction of sp³-hybridized carbons (Fsp3) is 0.711. The Morgan fingerprint density at radius 3 is 1.14 bits per heavy atom. The van der Waals surface area contributed by atoms with Crippen molar-refractivity contribution < 1.29 is 150 Å². The third kappa shape index (κ3) is 65.5. The van der Waals surface area contributed by atoms with Gasteiger partial charge < -0.3 is 57.9 Å². The number of nitrogens with zero attached hydrogens (tertiary/aromatic N) is 1. The van der Waals surface area contributed by atoms with Crippen molar-refractivity contribution in [3.8, 4) is 0 Å². The van der Waals surface area contributed by atoms with Gasteiger partial charge in [-0.25, -0.2) is 21.6 Å². The molecule has 0 spiro atoms. The molecule has 4 aromatic rings. The number of carboxylic acid groups (broad SMARTS) is 1. The molecular weight excluding hydrogens is 1980 g/mol. The number of benzene rings is 3. The number of aliphatic carboxylic acids is 1. The van der Waals surface area contributed by atoms with E-state index in [1.165, 1.54) is 146 Å². The van der Waals surface area contributed by atoms with Gasteiger partial charge in [0.15, 0.2) is 5.98 Å². The van der Waals surface area contributed by atoms with Crippen LogP contribution in [0.15, 0.2) is 106 Å². The van der Waals surface area contributed by atoms with Gasteiger partial charge in [0.05, 0.1) is 37.7 Å². The molecule has 2 saturated heterocycles.